The van der Waals surface area contributed by atoms with Crippen LogP contribution in [0, 0.1) is 11.7 Å². The largest absolute Gasteiger partial charge is 0.465 e. The van der Waals surface area contributed by atoms with E-state index in [2.05, 4.69) is 6.92 Å². The van der Waals surface area contributed by atoms with Gasteiger partial charge in [-0.2, -0.15) is 0 Å². The summed E-state index contributed by atoms with van der Waals surface area (Å²) in [5.41, 5.74) is 3.51. The Morgan fingerprint density at radius 3 is 2.52 bits per heavy atom. The van der Waals surface area contributed by atoms with Crippen molar-refractivity contribution < 1.29 is 18.7 Å². The number of hydrogen-bond acceptors (Lipinski definition) is 3. The lowest BCUT2D eigenvalue weighted by atomic mass is 9.73. The van der Waals surface area contributed by atoms with Crippen LogP contribution in [0.5, 0.6) is 0 Å². The first kappa shape index (κ1) is 19.0. The molecule has 140 valence electrons. The van der Waals surface area contributed by atoms with Gasteiger partial charge >= 0.3 is 5.97 Å². The minimum absolute atomic E-state index is 0.227. The first-order valence-electron chi connectivity index (χ1n) is 9.29. The molecule has 0 heterocycles. The number of rotatable bonds is 5. The number of halogens is 1. The van der Waals surface area contributed by atoms with E-state index in [1.165, 1.54) is 23.8 Å². The molecule has 0 aromatic heterocycles. The predicted octanol–water partition coefficient (Wildman–Crippen LogP) is 4.71. The summed E-state index contributed by atoms with van der Waals surface area (Å²) >= 11 is 0. The average Bonchev–Trinajstić information content (AvgIpc) is 2.67. The summed E-state index contributed by atoms with van der Waals surface area (Å²) in [5, 5.41) is 0. The number of ketones is 1. The third-order valence-electron chi connectivity index (χ3n) is 5.02. The van der Waals surface area contributed by atoms with E-state index in [0.717, 1.165) is 17.6 Å². The minimum Gasteiger partial charge on any atom is -0.465 e. The van der Waals surface area contributed by atoms with E-state index >= 15 is 0 Å². The van der Waals surface area contributed by atoms with E-state index in [1.807, 2.05) is 24.3 Å². The second kappa shape index (κ2) is 8.30. The Morgan fingerprint density at radius 2 is 1.89 bits per heavy atom. The van der Waals surface area contributed by atoms with Crippen LogP contribution in [0.4, 0.5) is 4.39 Å². The fourth-order valence-electron chi connectivity index (χ4n) is 3.59. The molecule has 1 aliphatic carbocycles. The molecule has 0 unspecified atom stereocenters. The highest BCUT2D eigenvalue weighted by Gasteiger charge is 2.39. The normalized spacial score (nSPS) is 19.5. The van der Waals surface area contributed by atoms with E-state index in [-0.39, 0.29) is 24.1 Å². The number of carbonyl (C=O) groups is 2. The number of benzene rings is 2. The van der Waals surface area contributed by atoms with Crippen molar-refractivity contribution in [2.24, 2.45) is 5.92 Å². The Morgan fingerprint density at radius 1 is 1.15 bits per heavy atom. The molecule has 2 aromatic carbocycles. The quantitative estimate of drug-likeness (QED) is 0.569. The summed E-state index contributed by atoms with van der Waals surface area (Å²) in [6, 6.07) is 14.2. The van der Waals surface area contributed by atoms with Crippen LogP contribution in [0.2, 0.25) is 0 Å². The monoisotopic (exact) mass is 366 g/mol. The molecule has 1 aliphatic rings. The first-order valence-corrected chi connectivity index (χ1v) is 9.29. The maximum Gasteiger partial charge on any atom is 0.317 e. The van der Waals surface area contributed by atoms with Crippen molar-refractivity contribution >= 4 is 17.3 Å². The minimum atomic E-state index is -0.866. The van der Waals surface area contributed by atoms with Crippen LogP contribution >= 0.6 is 0 Å². The van der Waals surface area contributed by atoms with Gasteiger partial charge in [-0.15, -0.1) is 0 Å². The van der Waals surface area contributed by atoms with E-state index in [4.69, 9.17) is 4.74 Å². The Kier molecular flexibility index (Phi) is 5.84. The van der Waals surface area contributed by atoms with Gasteiger partial charge in [-0.3, -0.25) is 9.59 Å². The zero-order chi connectivity index (χ0) is 19.4. The van der Waals surface area contributed by atoms with Crippen LogP contribution in [0.3, 0.4) is 0 Å². The SMILES string of the molecule is CCOC(=O)[C@@H]1C(=O)C=C(c2cccc(F)c2)C[C@@H]1c1ccc(CC)cc1. The lowest BCUT2D eigenvalue weighted by Crippen LogP contribution is -2.34. The predicted molar refractivity (Wildman–Crippen MR) is 103 cm³/mol. The first-order chi connectivity index (χ1) is 13.0. The highest BCUT2D eigenvalue weighted by Crippen LogP contribution is 2.40. The van der Waals surface area contributed by atoms with Crippen molar-refractivity contribution in [3.8, 4) is 0 Å². The molecule has 2 atom stereocenters. The van der Waals surface area contributed by atoms with E-state index < -0.39 is 11.9 Å². The highest BCUT2D eigenvalue weighted by atomic mass is 19.1. The molecule has 3 rings (SSSR count). The molecule has 0 saturated heterocycles. The molecular formula is C23H23FO3. The average molecular weight is 366 g/mol. The molecule has 2 aromatic rings. The van der Waals surface area contributed by atoms with Gasteiger partial charge < -0.3 is 4.74 Å². The van der Waals surface area contributed by atoms with Gasteiger partial charge in [-0.05, 0) is 60.2 Å². The lowest BCUT2D eigenvalue weighted by molar-refractivity contribution is -0.151. The second-order valence-electron chi connectivity index (χ2n) is 6.72. The summed E-state index contributed by atoms with van der Waals surface area (Å²) in [6.45, 7) is 4.03. The summed E-state index contributed by atoms with van der Waals surface area (Å²) in [6.07, 6.45) is 2.86. The Labute approximate surface area is 158 Å². The standard InChI is InChI=1S/C23H23FO3/c1-3-15-8-10-16(11-9-15)20-13-18(17-6-5-7-19(24)12-17)14-21(25)22(20)23(26)27-4-2/h5-12,14,20,22H,3-4,13H2,1-2H3/t20-,22+/m1/s1. The lowest BCUT2D eigenvalue weighted by Gasteiger charge is -2.29. The van der Waals surface area contributed by atoms with Crippen LogP contribution in [0.1, 0.15) is 42.9 Å². The van der Waals surface area contributed by atoms with Crippen molar-refractivity contribution in [3.63, 3.8) is 0 Å². The second-order valence-corrected chi connectivity index (χ2v) is 6.72. The Balaban J connectivity index is 2.01. The number of carbonyl (C=O) groups excluding carboxylic acids is 2. The van der Waals surface area contributed by atoms with Crippen LogP contribution in [-0.4, -0.2) is 18.4 Å². The number of esters is 1. The summed E-state index contributed by atoms with van der Waals surface area (Å²) < 4.78 is 18.8. The van der Waals surface area contributed by atoms with Crippen LogP contribution in [0.25, 0.3) is 5.57 Å². The Bertz CT molecular complexity index is 867. The maximum atomic E-state index is 13.6. The molecule has 0 spiro atoms. The summed E-state index contributed by atoms with van der Waals surface area (Å²) in [5.74, 6) is -2.33. The molecule has 0 N–H and O–H groups in total. The van der Waals surface area contributed by atoms with Crippen molar-refractivity contribution in [2.45, 2.75) is 32.6 Å². The fraction of sp³-hybridized carbons (Fsp3) is 0.304. The molecule has 0 amide bonds. The molecule has 27 heavy (non-hydrogen) atoms. The smallest absolute Gasteiger partial charge is 0.317 e. The van der Waals surface area contributed by atoms with Crippen molar-refractivity contribution in [1.29, 1.82) is 0 Å². The molecule has 4 heteroatoms. The number of aryl methyl sites for hydroxylation is 1. The number of ether oxygens (including phenoxy) is 1. The van der Waals surface area contributed by atoms with Gasteiger partial charge in [0.2, 0.25) is 0 Å². The summed E-state index contributed by atoms with van der Waals surface area (Å²) in [7, 11) is 0. The van der Waals surface area contributed by atoms with Crippen molar-refractivity contribution in [3.05, 3.63) is 77.1 Å². The van der Waals surface area contributed by atoms with Gasteiger partial charge in [0.1, 0.15) is 11.7 Å². The van der Waals surface area contributed by atoms with Crippen LogP contribution in [-0.2, 0) is 20.7 Å². The highest BCUT2D eigenvalue weighted by molar-refractivity contribution is 6.10. The third-order valence-corrected chi connectivity index (χ3v) is 5.02. The zero-order valence-electron chi connectivity index (χ0n) is 15.6. The van der Waals surface area contributed by atoms with Crippen LogP contribution in [0.15, 0.2) is 54.6 Å². The van der Waals surface area contributed by atoms with E-state index in [0.29, 0.717) is 12.0 Å². The van der Waals surface area contributed by atoms with Crippen molar-refractivity contribution in [2.75, 3.05) is 6.61 Å². The third kappa shape index (κ3) is 4.16. The maximum absolute atomic E-state index is 13.6. The topological polar surface area (TPSA) is 43.4 Å². The van der Waals surface area contributed by atoms with Crippen molar-refractivity contribution in [1.82, 2.24) is 0 Å². The molecular weight excluding hydrogens is 343 g/mol. The molecule has 0 bridgehead atoms. The van der Waals surface area contributed by atoms with Gasteiger partial charge in [0.15, 0.2) is 5.78 Å². The van der Waals surface area contributed by atoms with Gasteiger partial charge in [-0.1, -0.05) is 43.3 Å². The molecule has 0 fully saturated rings. The van der Waals surface area contributed by atoms with Crippen LogP contribution < -0.4 is 0 Å². The number of hydrogen-bond donors (Lipinski definition) is 0. The van der Waals surface area contributed by atoms with Gasteiger partial charge in [-0.25, -0.2) is 4.39 Å². The van der Waals surface area contributed by atoms with E-state index in [1.54, 1.807) is 19.1 Å². The number of allylic oxidation sites excluding steroid dienone is 2. The molecule has 0 radical (unpaired) electrons. The molecule has 0 saturated carbocycles. The summed E-state index contributed by atoms with van der Waals surface area (Å²) in [4.78, 5) is 25.3. The molecule has 0 aliphatic heterocycles. The Hall–Kier alpha value is -2.75. The zero-order valence-corrected chi connectivity index (χ0v) is 15.6. The van der Waals surface area contributed by atoms with Gasteiger partial charge in [0, 0.05) is 5.92 Å². The fourth-order valence-corrected chi connectivity index (χ4v) is 3.59. The van der Waals surface area contributed by atoms with E-state index in [9.17, 15) is 14.0 Å². The van der Waals surface area contributed by atoms with Gasteiger partial charge in [0.25, 0.3) is 0 Å². The molecule has 3 nitrogen and oxygen atoms in total. The van der Waals surface area contributed by atoms with Gasteiger partial charge in [0.05, 0.1) is 6.61 Å².